The minimum absolute atomic E-state index is 0.0761. The zero-order valence-corrected chi connectivity index (χ0v) is 15.4. The van der Waals surface area contributed by atoms with Gasteiger partial charge in [-0.3, -0.25) is 4.79 Å². The zero-order chi connectivity index (χ0) is 17.9. The van der Waals surface area contributed by atoms with E-state index < -0.39 is 26.3 Å². The molecule has 5 nitrogen and oxygen atoms in total. The van der Waals surface area contributed by atoms with E-state index in [-0.39, 0.29) is 17.1 Å². The third-order valence-corrected chi connectivity index (χ3v) is 6.00. The van der Waals surface area contributed by atoms with E-state index in [9.17, 15) is 13.2 Å². The lowest BCUT2D eigenvalue weighted by molar-refractivity contribution is -0.216. The number of ketones is 1. The molecule has 1 aromatic carbocycles. The molecule has 0 aliphatic carbocycles. The molecule has 1 atom stereocenters. The van der Waals surface area contributed by atoms with Crippen molar-refractivity contribution in [3.63, 3.8) is 0 Å². The van der Waals surface area contributed by atoms with Gasteiger partial charge >= 0.3 is 0 Å². The second kappa shape index (κ2) is 7.11. The molecular weight excluding hydrogens is 316 g/mol. The van der Waals surface area contributed by atoms with Crippen LogP contribution < -0.4 is 0 Å². The normalized spacial score (nSPS) is 14.5. The quantitative estimate of drug-likeness (QED) is 0.713. The zero-order valence-electron chi connectivity index (χ0n) is 14.6. The smallest absolute Gasteiger partial charge is 0.230 e. The van der Waals surface area contributed by atoms with Crippen molar-refractivity contribution in [1.82, 2.24) is 0 Å². The molecule has 0 saturated carbocycles. The lowest BCUT2D eigenvalue weighted by atomic mass is 9.84. The number of carbonyl (C=O) groups is 1. The summed E-state index contributed by atoms with van der Waals surface area (Å²) in [5.74, 6) is -1.87. The van der Waals surface area contributed by atoms with E-state index >= 15 is 0 Å². The van der Waals surface area contributed by atoms with Gasteiger partial charge in [-0.15, -0.1) is 0 Å². The summed E-state index contributed by atoms with van der Waals surface area (Å²) in [6.45, 7) is 6.81. The van der Waals surface area contributed by atoms with Crippen LogP contribution in [-0.2, 0) is 24.1 Å². The van der Waals surface area contributed by atoms with Crippen molar-refractivity contribution in [2.24, 2.45) is 5.41 Å². The number of methoxy groups -OCH3 is 2. The first-order valence-corrected chi connectivity index (χ1v) is 9.00. The SMILES string of the molecule is COC(CC(C)S(=O)(=O)c1ccccc1)(OC)C(=O)C(C)(C)C. The minimum Gasteiger partial charge on any atom is -0.347 e. The second-order valence-electron chi connectivity index (χ2n) is 6.61. The van der Waals surface area contributed by atoms with Crippen LogP contribution in [0.3, 0.4) is 0 Å². The highest BCUT2D eigenvalue weighted by Crippen LogP contribution is 2.32. The van der Waals surface area contributed by atoms with Gasteiger partial charge < -0.3 is 9.47 Å². The number of Topliss-reactive ketones (excluding diaryl/α,β-unsaturated/α-hetero) is 1. The number of hydrogen-bond acceptors (Lipinski definition) is 5. The number of benzene rings is 1. The molecule has 0 radical (unpaired) electrons. The molecule has 23 heavy (non-hydrogen) atoms. The van der Waals surface area contributed by atoms with Gasteiger partial charge in [0, 0.05) is 26.1 Å². The summed E-state index contributed by atoms with van der Waals surface area (Å²) in [5.41, 5.74) is -0.720. The highest BCUT2D eigenvalue weighted by atomic mass is 32.2. The van der Waals surface area contributed by atoms with Gasteiger partial charge in [0.1, 0.15) is 0 Å². The third kappa shape index (κ3) is 4.19. The molecule has 1 aromatic rings. The molecule has 0 aliphatic rings. The summed E-state index contributed by atoms with van der Waals surface area (Å²) in [4.78, 5) is 12.9. The molecule has 1 rings (SSSR count). The molecule has 0 aliphatic heterocycles. The molecule has 6 heteroatoms. The van der Waals surface area contributed by atoms with E-state index in [4.69, 9.17) is 9.47 Å². The van der Waals surface area contributed by atoms with Crippen LogP contribution in [0.5, 0.6) is 0 Å². The molecule has 0 heterocycles. The van der Waals surface area contributed by atoms with Crippen LogP contribution in [0.2, 0.25) is 0 Å². The Morgan fingerprint density at radius 2 is 1.57 bits per heavy atom. The molecule has 0 bridgehead atoms. The summed E-state index contributed by atoms with van der Waals surface area (Å²) in [5, 5.41) is -0.837. The lowest BCUT2D eigenvalue weighted by Gasteiger charge is -2.36. The van der Waals surface area contributed by atoms with Gasteiger partial charge in [0.25, 0.3) is 0 Å². The Labute approximate surface area is 138 Å². The number of rotatable bonds is 7. The van der Waals surface area contributed by atoms with E-state index in [1.165, 1.54) is 14.2 Å². The van der Waals surface area contributed by atoms with E-state index in [1.807, 2.05) is 0 Å². The summed E-state index contributed by atoms with van der Waals surface area (Å²) in [7, 11) is -0.871. The van der Waals surface area contributed by atoms with Gasteiger partial charge in [-0.2, -0.15) is 0 Å². The Morgan fingerprint density at radius 1 is 1.09 bits per heavy atom. The maximum atomic E-state index is 12.7. The molecule has 0 saturated heterocycles. The van der Waals surface area contributed by atoms with Gasteiger partial charge in [0.05, 0.1) is 10.1 Å². The Balaban J connectivity index is 3.17. The van der Waals surface area contributed by atoms with Crippen molar-refractivity contribution in [2.75, 3.05) is 14.2 Å². The number of sulfone groups is 1. The highest BCUT2D eigenvalue weighted by molar-refractivity contribution is 7.92. The standard InChI is InChI=1S/C17H26O5S/c1-13(23(19,20)14-10-8-7-9-11-14)12-17(21-5,22-6)15(18)16(2,3)4/h7-11,13H,12H2,1-6H3. The molecular formula is C17H26O5S. The van der Waals surface area contributed by atoms with Crippen LogP contribution in [-0.4, -0.2) is 39.5 Å². The van der Waals surface area contributed by atoms with Gasteiger partial charge in [-0.1, -0.05) is 39.0 Å². The summed E-state index contributed by atoms with van der Waals surface area (Å²) in [6, 6.07) is 8.17. The summed E-state index contributed by atoms with van der Waals surface area (Å²) < 4.78 is 36.1. The average molecular weight is 342 g/mol. The van der Waals surface area contributed by atoms with Crippen LogP contribution in [0.15, 0.2) is 35.2 Å². The summed E-state index contributed by atoms with van der Waals surface area (Å²) in [6.07, 6.45) is -0.0761. The lowest BCUT2D eigenvalue weighted by Crippen LogP contribution is -2.51. The predicted octanol–water partition coefficient (Wildman–Crippen LogP) is 2.84. The fourth-order valence-corrected chi connectivity index (χ4v) is 3.87. The van der Waals surface area contributed by atoms with Gasteiger partial charge in [-0.25, -0.2) is 8.42 Å². The Bertz CT molecular complexity index is 625. The monoisotopic (exact) mass is 342 g/mol. The third-order valence-electron chi connectivity index (χ3n) is 3.84. The van der Waals surface area contributed by atoms with Crippen LogP contribution >= 0.6 is 0 Å². The van der Waals surface area contributed by atoms with Crippen molar-refractivity contribution in [3.05, 3.63) is 30.3 Å². The first kappa shape index (κ1) is 19.8. The van der Waals surface area contributed by atoms with Crippen molar-refractivity contribution >= 4 is 15.6 Å². The van der Waals surface area contributed by atoms with Crippen LogP contribution in [0, 0.1) is 5.41 Å². The number of ether oxygens (including phenoxy) is 2. The Morgan fingerprint density at radius 3 is 1.96 bits per heavy atom. The largest absolute Gasteiger partial charge is 0.347 e. The minimum atomic E-state index is -3.58. The topological polar surface area (TPSA) is 69.7 Å². The van der Waals surface area contributed by atoms with Crippen molar-refractivity contribution in [3.8, 4) is 0 Å². The molecule has 0 amide bonds. The Kier molecular flexibility index (Phi) is 6.12. The van der Waals surface area contributed by atoms with Crippen LogP contribution in [0.4, 0.5) is 0 Å². The predicted molar refractivity (Wildman–Crippen MR) is 88.9 cm³/mol. The Hall–Kier alpha value is -1.24. The molecule has 0 N–H and O–H groups in total. The second-order valence-corrected chi connectivity index (χ2v) is 8.98. The van der Waals surface area contributed by atoms with E-state index in [0.29, 0.717) is 0 Å². The summed E-state index contributed by atoms with van der Waals surface area (Å²) >= 11 is 0. The molecule has 130 valence electrons. The molecule has 0 aromatic heterocycles. The molecule has 0 spiro atoms. The van der Waals surface area contributed by atoms with Crippen LogP contribution in [0.25, 0.3) is 0 Å². The first-order chi connectivity index (χ1) is 10.5. The number of carbonyl (C=O) groups excluding carboxylic acids is 1. The van der Waals surface area contributed by atoms with E-state index in [2.05, 4.69) is 0 Å². The molecule has 0 fully saturated rings. The molecule has 1 unspecified atom stereocenters. The number of hydrogen-bond donors (Lipinski definition) is 0. The average Bonchev–Trinajstić information content (AvgIpc) is 2.51. The van der Waals surface area contributed by atoms with Crippen molar-refractivity contribution < 1.29 is 22.7 Å². The van der Waals surface area contributed by atoms with Gasteiger partial charge in [0.15, 0.2) is 15.6 Å². The maximum absolute atomic E-state index is 12.7. The van der Waals surface area contributed by atoms with Crippen LogP contribution in [0.1, 0.15) is 34.1 Å². The van der Waals surface area contributed by atoms with Gasteiger partial charge in [-0.05, 0) is 19.1 Å². The fraction of sp³-hybridized carbons (Fsp3) is 0.588. The van der Waals surface area contributed by atoms with E-state index in [1.54, 1.807) is 58.0 Å². The van der Waals surface area contributed by atoms with Crippen molar-refractivity contribution in [2.45, 2.75) is 50.0 Å². The maximum Gasteiger partial charge on any atom is 0.230 e. The fourth-order valence-electron chi connectivity index (χ4n) is 2.43. The highest BCUT2D eigenvalue weighted by Gasteiger charge is 2.47. The van der Waals surface area contributed by atoms with Gasteiger partial charge in [0.2, 0.25) is 5.79 Å². The van der Waals surface area contributed by atoms with Crippen molar-refractivity contribution in [1.29, 1.82) is 0 Å². The van der Waals surface area contributed by atoms with E-state index in [0.717, 1.165) is 0 Å². The first-order valence-electron chi connectivity index (χ1n) is 7.45.